The molecule has 2 heterocycles. The van der Waals surface area contributed by atoms with Crippen molar-refractivity contribution in [1.29, 1.82) is 0 Å². The van der Waals surface area contributed by atoms with E-state index in [1.165, 1.54) is 18.9 Å². The van der Waals surface area contributed by atoms with Gasteiger partial charge in [-0.05, 0) is 24.3 Å². The number of aromatic amines is 1. The lowest BCUT2D eigenvalue weighted by Gasteiger charge is -2.14. The Morgan fingerprint density at radius 2 is 1.69 bits per heavy atom. The van der Waals surface area contributed by atoms with Crippen LogP contribution in [-0.4, -0.2) is 62.9 Å². The quantitative estimate of drug-likeness (QED) is 0.114. The molecule has 5 aromatic rings. The number of H-pyrrole nitrogens is 1. The number of carbonyl (C=O) groups is 1. The minimum absolute atomic E-state index is 0.00168. The van der Waals surface area contributed by atoms with E-state index in [-0.39, 0.29) is 22.9 Å². The van der Waals surface area contributed by atoms with Crippen LogP contribution in [-0.2, 0) is 9.53 Å². The normalized spacial score (nSPS) is 11.8. The second-order valence-corrected chi connectivity index (χ2v) is 9.19. The Bertz CT molecular complexity index is 1630. The zero-order valence-electron chi connectivity index (χ0n) is 21.4. The number of fused-ring (bicyclic) bond motifs is 1. The summed E-state index contributed by atoms with van der Waals surface area (Å²) in [5.74, 6) is 1.01. The second kappa shape index (κ2) is 11.3. The molecule has 0 radical (unpaired) electrons. The van der Waals surface area contributed by atoms with Gasteiger partial charge in [-0.15, -0.1) is 10.2 Å². The molecule has 10 nitrogen and oxygen atoms in total. The van der Waals surface area contributed by atoms with Crippen LogP contribution in [0.25, 0.3) is 33.7 Å². The van der Waals surface area contributed by atoms with E-state index in [4.69, 9.17) is 14.2 Å². The summed E-state index contributed by atoms with van der Waals surface area (Å²) >= 11 is 1.21. The lowest BCUT2D eigenvalue weighted by Crippen LogP contribution is -2.10. The van der Waals surface area contributed by atoms with Crippen molar-refractivity contribution in [3.05, 3.63) is 84.4 Å². The van der Waals surface area contributed by atoms with Gasteiger partial charge in [0.2, 0.25) is 0 Å². The van der Waals surface area contributed by atoms with Crippen molar-refractivity contribution < 1.29 is 24.1 Å². The van der Waals surface area contributed by atoms with E-state index in [0.717, 1.165) is 16.8 Å². The van der Waals surface area contributed by atoms with Gasteiger partial charge >= 0.3 is 5.97 Å². The third-order valence-electron chi connectivity index (χ3n) is 5.93. The van der Waals surface area contributed by atoms with E-state index in [9.17, 15) is 9.90 Å². The van der Waals surface area contributed by atoms with Crippen molar-refractivity contribution in [2.24, 2.45) is 0 Å². The molecule has 0 spiro atoms. The van der Waals surface area contributed by atoms with Crippen molar-refractivity contribution in [3.63, 3.8) is 0 Å². The zero-order chi connectivity index (χ0) is 27.4. The molecule has 5 rings (SSSR count). The number of rotatable bonds is 9. The summed E-state index contributed by atoms with van der Waals surface area (Å²) in [5, 5.41) is 20.4. The molecular formula is C28H25N5O5S. The molecule has 0 saturated heterocycles. The highest BCUT2D eigenvalue weighted by Gasteiger charge is 2.24. The van der Waals surface area contributed by atoms with E-state index in [1.807, 2.05) is 71.3 Å². The van der Waals surface area contributed by atoms with Crippen LogP contribution in [0.15, 0.2) is 83.7 Å². The van der Waals surface area contributed by atoms with Crippen LogP contribution in [0.5, 0.6) is 11.5 Å². The summed E-state index contributed by atoms with van der Waals surface area (Å²) in [7, 11) is 4.39. The number of nitrogens with zero attached hydrogens (tertiary/aromatic N) is 4. The predicted molar refractivity (Wildman–Crippen MR) is 148 cm³/mol. The summed E-state index contributed by atoms with van der Waals surface area (Å²) < 4.78 is 17.7. The van der Waals surface area contributed by atoms with Gasteiger partial charge in [0.25, 0.3) is 0 Å². The van der Waals surface area contributed by atoms with Crippen LogP contribution in [0.4, 0.5) is 0 Å². The first kappa shape index (κ1) is 25.9. The van der Waals surface area contributed by atoms with Gasteiger partial charge in [-0.2, -0.15) is 0 Å². The van der Waals surface area contributed by atoms with Crippen LogP contribution in [0.1, 0.15) is 5.82 Å². The lowest BCUT2D eigenvalue weighted by atomic mass is 10.2. The van der Waals surface area contributed by atoms with Gasteiger partial charge in [-0.1, -0.05) is 54.2 Å². The smallest absolute Gasteiger partial charge is 0.345 e. The van der Waals surface area contributed by atoms with Gasteiger partial charge in [0.05, 0.1) is 43.8 Å². The maximum Gasteiger partial charge on any atom is 0.345 e. The number of imidazole rings is 1. The predicted octanol–water partition coefficient (Wildman–Crippen LogP) is 5.06. The summed E-state index contributed by atoms with van der Waals surface area (Å²) in [6.07, 6.45) is 0. The molecule has 39 heavy (non-hydrogen) atoms. The Morgan fingerprint density at radius 1 is 0.949 bits per heavy atom. The van der Waals surface area contributed by atoms with E-state index < -0.39 is 5.97 Å². The van der Waals surface area contributed by atoms with Gasteiger partial charge in [-0.3, -0.25) is 4.57 Å². The molecule has 0 amide bonds. The van der Waals surface area contributed by atoms with E-state index in [1.54, 1.807) is 20.3 Å². The number of hydrogen-bond donors (Lipinski definition) is 2. The van der Waals surface area contributed by atoms with Crippen molar-refractivity contribution in [1.82, 2.24) is 24.7 Å². The van der Waals surface area contributed by atoms with Crippen LogP contribution in [0, 0.1) is 0 Å². The number of esters is 1. The minimum atomic E-state index is -0.710. The average Bonchev–Trinajstić information content (AvgIpc) is 3.60. The van der Waals surface area contributed by atoms with E-state index in [0.29, 0.717) is 28.0 Å². The molecule has 198 valence electrons. The summed E-state index contributed by atoms with van der Waals surface area (Å²) in [5.41, 5.74) is 2.92. The SMILES string of the molecule is COC(=O)C(=C(O)CSc1nnc(-c2ccccc2)n1-c1ccc(OC)c(OC)c1)c1nc2ccccc2[nH]1. The summed E-state index contributed by atoms with van der Waals surface area (Å²) in [6.45, 7) is 0. The fourth-order valence-corrected chi connectivity index (χ4v) is 4.89. The van der Waals surface area contributed by atoms with Crippen LogP contribution in [0.3, 0.4) is 0 Å². The molecule has 0 saturated carbocycles. The van der Waals surface area contributed by atoms with Crippen molar-refractivity contribution in [2.75, 3.05) is 27.1 Å². The standard InChI is InChI=1S/C28H25N5O5S/c1-36-22-14-13-18(15-23(22)37-2)33-26(17-9-5-4-6-10-17)31-32-28(33)39-16-21(34)24(27(35)38-3)25-29-19-11-7-8-12-20(19)30-25/h4-15,34H,16H2,1-3H3,(H,29,30). The molecule has 0 unspecified atom stereocenters. The maximum atomic E-state index is 12.7. The molecule has 2 aromatic heterocycles. The van der Waals surface area contributed by atoms with Crippen molar-refractivity contribution in [2.45, 2.75) is 5.16 Å². The molecule has 0 aliphatic rings. The highest BCUT2D eigenvalue weighted by atomic mass is 32.2. The first-order chi connectivity index (χ1) is 19.0. The molecule has 3 aromatic carbocycles. The first-order valence-electron chi connectivity index (χ1n) is 11.9. The fraction of sp³-hybridized carbons (Fsp3) is 0.143. The van der Waals surface area contributed by atoms with Gasteiger partial charge in [0.1, 0.15) is 17.2 Å². The Labute approximate surface area is 228 Å². The van der Waals surface area contributed by atoms with Gasteiger partial charge in [-0.25, -0.2) is 9.78 Å². The molecule has 0 atom stereocenters. The highest BCUT2D eigenvalue weighted by Crippen LogP contribution is 2.34. The number of aliphatic hydroxyl groups is 1. The number of hydrogen-bond acceptors (Lipinski definition) is 9. The lowest BCUT2D eigenvalue weighted by molar-refractivity contribution is -0.133. The number of methoxy groups -OCH3 is 3. The topological polar surface area (TPSA) is 124 Å². The maximum absolute atomic E-state index is 12.7. The van der Waals surface area contributed by atoms with E-state index >= 15 is 0 Å². The molecule has 0 aliphatic carbocycles. The monoisotopic (exact) mass is 543 g/mol. The number of carbonyl (C=O) groups excluding carboxylic acids is 1. The Morgan fingerprint density at radius 3 is 2.41 bits per heavy atom. The number of aromatic nitrogens is 5. The van der Waals surface area contributed by atoms with Gasteiger partial charge in [0, 0.05) is 11.6 Å². The van der Waals surface area contributed by atoms with Crippen LogP contribution < -0.4 is 9.47 Å². The number of ether oxygens (including phenoxy) is 3. The van der Waals surface area contributed by atoms with Gasteiger partial charge in [0.15, 0.2) is 22.5 Å². The fourth-order valence-electron chi connectivity index (χ4n) is 4.06. The van der Waals surface area contributed by atoms with E-state index in [2.05, 4.69) is 20.2 Å². The van der Waals surface area contributed by atoms with Crippen molar-refractivity contribution in [3.8, 4) is 28.6 Å². The minimum Gasteiger partial charge on any atom is -0.510 e. The number of nitrogens with one attached hydrogen (secondary N) is 1. The Balaban J connectivity index is 1.55. The molecule has 0 fully saturated rings. The molecule has 2 N–H and O–H groups in total. The largest absolute Gasteiger partial charge is 0.510 e. The Kier molecular flexibility index (Phi) is 7.50. The third kappa shape index (κ3) is 5.16. The summed E-state index contributed by atoms with van der Waals surface area (Å²) in [6, 6.07) is 22.5. The number of thioether (sulfide) groups is 1. The first-order valence-corrected chi connectivity index (χ1v) is 12.8. The third-order valence-corrected chi connectivity index (χ3v) is 6.87. The van der Waals surface area contributed by atoms with Gasteiger partial charge < -0.3 is 24.3 Å². The van der Waals surface area contributed by atoms with Crippen molar-refractivity contribution >= 4 is 34.3 Å². The number of para-hydroxylation sites is 2. The molecule has 0 bridgehead atoms. The highest BCUT2D eigenvalue weighted by molar-refractivity contribution is 7.99. The van der Waals surface area contributed by atoms with Crippen LogP contribution >= 0.6 is 11.8 Å². The van der Waals surface area contributed by atoms with Crippen LogP contribution in [0.2, 0.25) is 0 Å². The molecule has 11 heteroatoms. The average molecular weight is 544 g/mol. The zero-order valence-corrected chi connectivity index (χ0v) is 22.2. The molecule has 0 aliphatic heterocycles. The summed E-state index contributed by atoms with van der Waals surface area (Å²) in [4.78, 5) is 20.2. The molecular weight excluding hydrogens is 518 g/mol. The Hall–Kier alpha value is -4.77. The number of benzene rings is 3. The number of aliphatic hydroxyl groups excluding tert-OH is 1. The second-order valence-electron chi connectivity index (χ2n) is 8.25.